The zero-order valence-electron chi connectivity index (χ0n) is 18.3. The van der Waals surface area contributed by atoms with E-state index in [0.29, 0.717) is 55.8 Å². The van der Waals surface area contributed by atoms with Gasteiger partial charge in [0.15, 0.2) is 11.5 Å². The Labute approximate surface area is 174 Å². The predicted octanol–water partition coefficient (Wildman–Crippen LogP) is 3.43. The molecule has 0 bridgehead atoms. The van der Waals surface area contributed by atoms with Gasteiger partial charge in [0.2, 0.25) is 0 Å². The molecule has 7 heteroatoms. The lowest BCUT2D eigenvalue weighted by molar-refractivity contribution is 0.0936. The molecule has 1 heterocycles. The summed E-state index contributed by atoms with van der Waals surface area (Å²) >= 11 is 0. The Morgan fingerprint density at radius 2 is 1.69 bits per heavy atom. The Bertz CT molecular complexity index is 692. The zero-order chi connectivity index (χ0) is 21.4. The molecule has 1 aromatic rings. The summed E-state index contributed by atoms with van der Waals surface area (Å²) in [6.45, 7) is 12.8. The molecule has 2 N–H and O–H groups in total. The number of carbonyl (C=O) groups is 2. The third-order valence-electron chi connectivity index (χ3n) is 4.74. The maximum atomic E-state index is 12.6. The minimum atomic E-state index is -0.236. The highest BCUT2D eigenvalue weighted by Gasteiger charge is 2.25. The highest BCUT2D eigenvalue weighted by atomic mass is 16.5. The van der Waals surface area contributed by atoms with E-state index in [-0.39, 0.29) is 17.5 Å². The number of rotatable bonds is 7. The molecule has 1 fully saturated rings. The number of amides is 3. The number of ether oxygens (including phenoxy) is 2. The molecule has 7 nitrogen and oxygen atoms in total. The second kappa shape index (κ2) is 10.4. The number of hydrogen-bond acceptors (Lipinski definition) is 4. The summed E-state index contributed by atoms with van der Waals surface area (Å²) < 4.78 is 11.1. The van der Waals surface area contributed by atoms with Crippen LogP contribution in [-0.2, 0) is 0 Å². The van der Waals surface area contributed by atoms with E-state index >= 15 is 0 Å². The van der Waals surface area contributed by atoms with Gasteiger partial charge in [-0.1, -0.05) is 0 Å². The number of likely N-dealkylation sites (tertiary alicyclic amines) is 1. The molecular formula is C22H35N3O4. The maximum Gasteiger partial charge on any atom is 0.317 e. The SMILES string of the molecule is CCOc1ccc(C(=O)NCC2CCN(C(=O)NC(C)(C)C)CC2)cc1OCC. The van der Waals surface area contributed by atoms with E-state index in [1.807, 2.05) is 39.5 Å². The van der Waals surface area contributed by atoms with Crippen molar-refractivity contribution in [1.29, 1.82) is 0 Å². The molecule has 162 valence electrons. The van der Waals surface area contributed by atoms with Gasteiger partial charge in [-0.15, -0.1) is 0 Å². The molecule has 1 saturated heterocycles. The third-order valence-corrected chi connectivity index (χ3v) is 4.74. The van der Waals surface area contributed by atoms with Crippen molar-refractivity contribution in [2.24, 2.45) is 5.92 Å². The van der Waals surface area contributed by atoms with Crippen molar-refractivity contribution in [3.63, 3.8) is 0 Å². The fourth-order valence-corrected chi connectivity index (χ4v) is 3.27. The largest absolute Gasteiger partial charge is 0.490 e. The Morgan fingerprint density at radius 3 is 2.28 bits per heavy atom. The Hall–Kier alpha value is -2.44. The number of piperidine rings is 1. The standard InChI is InChI=1S/C22H35N3O4/c1-6-28-18-9-8-17(14-19(18)29-7-2)20(26)23-15-16-10-12-25(13-11-16)21(27)24-22(3,4)5/h8-9,14,16H,6-7,10-13,15H2,1-5H3,(H,23,26)(H,24,27). The van der Waals surface area contributed by atoms with Crippen LogP contribution in [0.5, 0.6) is 11.5 Å². The first-order chi connectivity index (χ1) is 13.7. The molecule has 1 aliphatic rings. The Balaban J connectivity index is 1.84. The lowest BCUT2D eigenvalue weighted by Gasteiger charge is -2.34. The number of carbonyl (C=O) groups excluding carboxylic acids is 2. The molecule has 2 rings (SSSR count). The number of benzene rings is 1. The van der Waals surface area contributed by atoms with E-state index in [2.05, 4.69) is 10.6 Å². The summed E-state index contributed by atoms with van der Waals surface area (Å²) in [7, 11) is 0. The highest BCUT2D eigenvalue weighted by Crippen LogP contribution is 2.28. The van der Waals surface area contributed by atoms with Gasteiger partial charge in [0.05, 0.1) is 13.2 Å². The van der Waals surface area contributed by atoms with Crippen LogP contribution < -0.4 is 20.1 Å². The summed E-state index contributed by atoms with van der Waals surface area (Å²) in [5, 5.41) is 6.02. The monoisotopic (exact) mass is 405 g/mol. The molecular weight excluding hydrogens is 370 g/mol. The van der Waals surface area contributed by atoms with Crippen LogP contribution in [-0.4, -0.2) is 55.2 Å². The molecule has 0 aliphatic carbocycles. The van der Waals surface area contributed by atoms with Crippen molar-refractivity contribution in [1.82, 2.24) is 15.5 Å². The van der Waals surface area contributed by atoms with Gasteiger partial charge in [-0.3, -0.25) is 4.79 Å². The van der Waals surface area contributed by atoms with Crippen LogP contribution in [0.15, 0.2) is 18.2 Å². The highest BCUT2D eigenvalue weighted by molar-refractivity contribution is 5.94. The van der Waals surface area contributed by atoms with Crippen molar-refractivity contribution in [3.05, 3.63) is 23.8 Å². The average molecular weight is 406 g/mol. The fraction of sp³-hybridized carbons (Fsp3) is 0.636. The van der Waals surface area contributed by atoms with E-state index < -0.39 is 0 Å². The van der Waals surface area contributed by atoms with Crippen molar-refractivity contribution in [3.8, 4) is 11.5 Å². The summed E-state index contributed by atoms with van der Waals surface area (Å²) in [6.07, 6.45) is 1.76. The van der Waals surface area contributed by atoms with Gasteiger partial charge in [0.1, 0.15) is 0 Å². The van der Waals surface area contributed by atoms with E-state index in [1.54, 1.807) is 18.2 Å². The van der Waals surface area contributed by atoms with E-state index in [1.165, 1.54) is 0 Å². The minimum Gasteiger partial charge on any atom is -0.490 e. The number of hydrogen-bond donors (Lipinski definition) is 2. The molecule has 0 radical (unpaired) electrons. The van der Waals surface area contributed by atoms with Gasteiger partial charge in [-0.2, -0.15) is 0 Å². The van der Waals surface area contributed by atoms with E-state index in [4.69, 9.17) is 9.47 Å². The van der Waals surface area contributed by atoms with Crippen LogP contribution in [0.2, 0.25) is 0 Å². The van der Waals surface area contributed by atoms with Gasteiger partial charge in [-0.05, 0) is 71.6 Å². The topological polar surface area (TPSA) is 79.9 Å². The summed E-state index contributed by atoms with van der Waals surface area (Å²) in [4.78, 5) is 26.7. The van der Waals surface area contributed by atoms with Crippen molar-refractivity contribution in [2.45, 2.75) is 53.0 Å². The molecule has 0 spiro atoms. The van der Waals surface area contributed by atoms with Crippen LogP contribution >= 0.6 is 0 Å². The number of nitrogens with one attached hydrogen (secondary N) is 2. The lowest BCUT2D eigenvalue weighted by Crippen LogP contribution is -2.51. The van der Waals surface area contributed by atoms with Crippen LogP contribution in [0, 0.1) is 5.92 Å². The second-order valence-corrected chi connectivity index (χ2v) is 8.35. The van der Waals surface area contributed by atoms with Crippen LogP contribution in [0.3, 0.4) is 0 Å². The number of nitrogens with zero attached hydrogens (tertiary/aromatic N) is 1. The van der Waals surface area contributed by atoms with Crippen LogP contribution in [0.1, 0.15) is 57.8 Å². The normalized spacial score (nSPS) is 15.0. The summed E-state index contributed by atoms with van der Waals surface area (Å²) in [5.41, 5.74) is 0.318. The van der Waals surface area contributed by atoms with Crippen molar-refractivity contribution in [2.75, 3.05) is 32.8 Å². The molecule has 0 unspecified atom stereocenters. The quantitative estimate of drug-likeness (QED) is 0.728. The van der Waals surface area contributed by atoms with Crippen molar-refractivity contribution >= 4 is 11.9 Å². The molecule has 0 saturated carbocycles. The first-order valence-corrected chi connectivity index (χ1v) is 10.5. The molecule has 1 aliphatic heterocycles. The predicted molar refractivity (Wildman–Crippen MR) is 114 cm³/mol. The molecule has 29 heavy (non-hydrogen) atoms. The van der Waals surface area contributed by atoms with E-state index in [9.17, 15) is 9.59 Å². The van der Waals surface area contributed by atoms with Crippen LogP contribution in [0.4, 0.5) is 4.79 Å². The summed E-state index contributed by atoms with van der Waals surface area (Å²) in [5.74, 6) is 1.47. The fourth-order valence-electron chi connectivity index (χ4n) is 3.27. The second-order valence-electron chi connectivity index (χ2n) is 8.35. The Morgan fingerprint density at radius 1 is 1.07 bits per heavy atom. The van der Waals surface area contributed by atoms with Gasteiger partial charge >= 0.3 is 6.03 Å². The minimum absolute atomic E-state index is 0.0159. The maximum absolute atomic E-state index is 12.6. The lowest BCUT2D eigenvalue weighted by atomic mass is 9.96. The summed E-state index contributed by atoms with van der Waals surface area (Å²) in [6, 6.07) is 5.24. The van der Waals surface area contributed by atoms with Crippen LogP contribution in [0.25, 0.3) is 0 Å². The molecule has 3 amide bonds. The van der Waals surface area contributed by atoms with Gasteiger partial charge < -0.3 is 25.0 Å². The third kappa shape index (κ3) is 7.15. The zero-order valence-corrected chi connectivity index (χ0v) is 18.3. The first kappa shape index (κ1) is 22.8. The molecule has 1 aromatic carbocycles. The molecule has 0 atom stereocenters. The van der Waals surface area contributed by atoms with Crippen molar-refractivity contribution < 1.29 is 19.1 Å². The van der Waals surface area contributed by atoms with Gasteiger partial charge in [0, 0.05) is 30.7 Å². The Kier molecular flexibility index (Phi) is 8.17. The van der Waals surface area contributed by atoms with Gasteiger partial charge in [-0.25, -0.2) is 4.79 Å². The average Bonchev–Trinajstić information content (AvgIpc) is 2.67. The smallest absolute Gasteiger partial charge is 0.317 e. The molecule has 0 aromatic heterocycles. The first-order valence-electron chi connectivity index (χ1n) is 10.5. The van der Waals surface area contributed by atoms with E-state index in [0.717, 1.165) is 12.8 Å². The number of urea groups is 1. The van der Waals surface area contributed by atoms with Gasteiger partial charge in [0.25, 0.3) is 5.91 Å².